The molecule has 0 bridgehead atoms. The summed E-state index contributed by atoms with van der Waals surface area (Å²) in [5.41, 5.74) is 12.3. The van der Waals surface area contributed by atoms with Crippen LogP contribution in [0.5, 0.6) is 0 Å². The predicted molar refractivity (Wildman–Crippen MR) is 93.1 cm³/mol. The van der Waals surface area contributed by atoms with Gasteiger partial charge in [-0.2, -0.15) is 0 Å². The molecule has 0 radical (unpaired) electrons. The Morgan fingerprint density at radius 3 is 2.86 bits per heavy atom. The Labute approximate surface area is 132 Å². The Balaban J connectivity index is 1.85. The Hall–Kier alpha value is -2.59. The Bertz CT molecular complexity index is 965. The van der Waals surface area contributed by atoms with E-state index in [-0.39, 0.29) is 0 Å². The molecule has 0 aliphatic rings. The number of thiazole rings is 1. The van der Waals surface area contributed by atoms with E-state index in [1.807, 2.05) is 30.3 Å². The number of nitrogens with zero attached hydrogens (tertiary/aromatic N) is 2. The SMILES string of the molecule is Cc1cc2ccccn2c1-c1csc(-c2cccc(N)c2)n1. The molecule has 3 aromatic heterocycles. The predicted octanol–water partition coefficient (Wildman–Crippen LogP) is 4.62. The maximum Gasteiger partial charge on any atom is 0.124 e. The molecule has 0 unspecified atom stereocenters. The summed E-state index contributed by atoms with van der Waals surface area (Å²) in [6.07, 6.45) is 2.08. The third-order valence-corrected chi connectivity index (χ3v) is 4.64. The zero-order valence-corrected chi connectivity index (χ0v) is 13.0. The summed E-state index contributed by atoms with van der Waals surface area (Å²) in [5, 5.41) is 3.10. The summed E-state index contributed by atoms with van der Waals surface area (Å²) in [6.45, 7) is 2.13. The lowest BCUT2D eigenvalue weighted by molar-refractivity contribution is 1.17. The summed E-state index contributed by atoms with van der Waals surface area (Å²) in [6, 6.07) is 16.3. The fourth-order valence-corrected chi connectivity index (χ4v) is 3.57. The number of aromatic nitrogens is 2. The summed E-state index contributed by atoms with van der Waals surface area (Å²) < 4.78 is 2.19. The van der Waals surface area contributed by atoms with Crippen molar-refractivity contribution >= 4 is 22.5 Å². The van der Waals surface area contributed by atoms with Crippen molar-refractivity contribution in [3.63, 3.8) is 0 Å². The fraction of sp³-hybridized carbons (Fsp3) is 0.0556. The van der Waals surface area contributed by atoms with Crippen molar-refractivity contribution in [3.05, 3.63) is 65.7 Å². The molecule has 0 aliphatic heterocycles. The van der Waals surface area contributed by atoms with E-state index in [2.05, 4.69) is 41.1 Å². The van der Waals surface area contributed by atoms with Gasteiger partial charge in [-0.3, -0.25) is 0 Å². The first-order chi connectivity index (χ1) is 10.7. The first kappa shape index (κ1) is 13.1. The van der Waals surface area contributed by atoms with Crippen LogP contribution in [0.1, 0.15) is 5.56 Å². The number of aryl methyl sites for hydroxylation is 1. The minimum absolute atomic E-state index is 0.763. The van der Waals surface area contributed by atoms with Crippen molar-refractivity contribution in [2.75, 3.05) is 5.73 Å². The van der Waals surface area contributed by atoms with Crippen LogP contribution in [-0.2, 0) is 0 Å². The molecule has 4 rings (SSSR count). The quantitative estimate of drug-likeness (QED) is 0.549. The molecule has 0 saturated heterocycles. The first-order valence-corrected chi connectivity index (χ1v) is 7.99. The van der Waals surface area contributed by atoms with Crippen LogP contribution in [0.25, 0.3) is 27.5 Å². The second-order valence-corrected chi connectivity index (χ2v) is 6.19. The zero-order chi connectivity index (χ0) is 15.1. The van der Waals surface area contributed by atoms with Gasteiger partial charge in [0.1, 0.15) is 5.01 Å². The molecule has 3 heterocycles. The minimum atomic E-state index is 0.763. The van der Waals surface area contributed by atoms with Crippen molar-refractivity contribution in [1.29, 1.82) is 0 Å². The number of nitrogens with two attached hydrogens (primary N) is 1. The molecule has 0 aliphatic carbocycles. The second-order valence-electron chi connectivity index (χ2n) is 5.33. The van der Waals surface area contributed by atoms with Gasteiger partial charge in [0, 0.05) is 28.3 Å². The van der Waals surface area contributed by atoms with E-state index in [1.165, 1.54) is 11.1 Å². The molecule has 22 heavy (non-hydrogen) atoms. The highest BCUT2D eigenvalue weighted by Crippen LogP contribution is 2.32. The molecule has 108 valence electrons. The Morgan fingerprint density at radius 1 is 1.09 bits per heavy atom. The lowest BCUT2D eigenvalue weighted by Crippen LogP contribution is -1.89. The van der Waals surface area contributed by atoms with Crippen LogP contribution in [-0.4, -0.2) is 9.38 Å². The van der Waals surface area contributed by atoms with Gasteiger partial charge in [-0.25, -0.2) is 4.98 Å². The number of hydrogen-bond donors (Lipinski definition) is 1. The molecule has 0 spiro atoms. The topological polar surface area (TPSA) is 43.3 Å². The summed E-state index contributed by atoms with van der Waals surface area (Å²) >= 11 is 1.65. The van der Waals surface area contributed by atoms with E-state index in [9.17, 15) is 0 Å². The van der Waals surface area contributed by atoms with Crippen molar-refractivity contribution in [2.24, 2.45) is 0 Å². The maximum absolute atomic E-state index is 5.87. The molecule has 0 amide bonds. The molecular weight excluding hydrogens is 290 g/mol. The lowest BCUT2D eigenvalue weighted by atomic mass is 10.2. The molecule has 3 nitrogen and oxygen atoms in total. The van der Waals surface area contributed by atoms with Crippen LogP contribution >= 0.6 is 11.3 Å². The number of hydrogen-bond acceptors (Lipinski definition) is 3. The van der Waals surface area contributed by atoms with Crippen LogP contribution in [0.15, 0.2) is 60.1 Å². The number of fused-ring (bicyclic) bond motifs is 1. The van der Waals surface area contributed by atoms with Crippen LogP contribution < -0.4 is 5.73 Å². The van der Waals surface area contributed by atoms with Gasteiger partial charge in [0.25, 0.3) is 0 Å². The maximum atomic E-state index is 5.87. The molecule has 4 heteroatoms. The largest absolute Gasteiger partial charge is 0.399 e. The monoisotopic (exact) mass is 305 g/mol. The number of pyridine rings is 1. The third kappa shape index (κ3) is 2.09. The molecule has 1 aromatic carbocycles. The van der Waals surface area contributed by atoms with Gasteiger partial charge in [0.05, 0.1) is 11.4 Å². The van der Waals surface area contributed by atoms with E-state index in [0.717, 1.165) is 27.6 Å². The molecule has 0 saturated carbocycles. The van der Waals surface area contributed by atoms with Gasteiger partial charge >= 0.3 is 0 Å². The molecular formula is C18H15N3S. The average molecular weight is 305 g/mol. The molecule has 0 fully saturated rings. The average Bonchev–Trinajstić information content (AvgIpc) is 3.10. The first-order valence-electron chi connectivity index (χ1n) is 7.11. The van der Waals surface area contributed by atoms with Crippen LogP contribution in [0.4, 0.5) is 5.69 Å². The van der Waals surface area contributed by atoms with E-state index >= 15 is 0 Å². The Morgan fingerprint density at radius 2 is 2.00 bits per heavy atom. The summed E-state index contributed by atoms with van der Waals surface area (Å²) in [4.78, 5) is 4.82. The third-order valence-electron chi connectivity index (χ3n) is 3.75. The summed E-state index contributed by atoms with van der Waals surface area (Å²) in [5.74, 6) is 0. The number of rotatable bonds is 2. The van der Waals surface area contributed by atoms with Crippen molar-refractivity contribution in [1.82, 2.24) is 9.38 Å². The van der Waals surface area contributed by atoms with E-state index in [0.29, 0.717) is 0 Å². The van der Waals surface area contributed by atoms with Crippen molar-refractivity contribution in [2.45, 2.75) is 6.92 Å². The van der Waals surface area contributed by atoms with Crippen LogP contribution in [0, 0.1) is 6.92 Å². The van der Waals surface area contributed by atoms with Gasteiger partial charge in [0.2, 0.25) is 0 Å². The molecule has 4 aromatic rings. The van der Waals surface area contributed by atoms with Gasteiger partial charge in [0.15, 0.2) is 0 Å². The number of anilines is 1. The van der Waals surface area contributed by atoms with E-state index < -0.39 is 0 Å². The minimum Gasteiger partial charge on any atom is -0.399 e. The highest BCUT2D eigenvalue weighted by Gasteiger charge is 2.13. The van der Waals surface area contributed by atoms with Crippen LogP contribution in [0.3, 0.4) is 0 Å². The second kappa shape index (κ2) is 5.00. The van der Waals surface area contributed by atoms with Gasteiger partial charge in [-0.15, -0.1) is 11.3 Å². The number of benzene rings is 1. The Kier molecular flexibility index (Phi) is 2.98. The normalized spacial score (nSPS) is 11.1. The van der Waals surface area contributed by atoms with Crippen molar-refractivity contribution in [3.8, 4) is 22.0 Å². The smallest absolute Gasteiger partial charge is 0.124 e. The standard InChI is InChI=1S/C18H15N3S/c1-12-9-15-7-2-3-8-21(15)17(12)16-11-22-18(20-16)13-5-4-6-14(19)10-13/h2-11H,19H2,1H3. The van der Waals surface area contributed by atoms with E-state index in [1.54, 1.807) is 11.3 Å². The van der Waals surface area contributed by atoms with Gasteiger partial charge in [-0.05, 0) is 42.8 Å². The molecule has 0 atom stereocenters. The van der Waals surface area contributed by atoms with Gasteiger partial charge in [-0.1, -0.05) is 18.2 Å². The van der Waals surface area contributed by atoms with E-state index in [4.69, 9.17) is 10.7 Å². The highest BCUT2D eigenvalue weighted by molar-refractivity contribution is 7.13. The van der Waals surface area contributed by atoms with Crippen molar-refractivity contribution < 1.29 is 0 Å². The number of nitrogen functional groups attached to an aromatic ring is 1. The van der Waals surface area contributed by atoms with Crippen LogP contribution in [0.2, 0.25) is 0 Å². The fourth-order valence-electron chi connectivity index (χ4n) is 2.77. The zero-order valence-electron chi connectivity index (χ0n) is 12.2. The molecule has 2 N–H and O–H groups in total. The lowest BCUT2D eigenvalue weighted by Gasteiger charge is -2.01. The highest BCUT2D eigenvalue weighted by atomic mass is 32.1. The van der Waals surface area contributed by atoms with Gasteiger partial charge < -0.3 is 10.1 Å². The summed E-state index contributed by atoms with van der Waals surface area (Å²) in [7, 11) is 0.